The van der Waals surface area contributed by atoms with Crippen molar-refractivity contribution in [2.75, 3.05) is 6.54 Å². The SMILES string of the molecule is O=[N+]([O-])CCc1cc2c([nH]1)CC=CC2. The van der Waals surface area contributed by atoms with E-state index in [0.29, 0.717) is 6.42 Å². The van der Waals surface area contributed by atoms with Gasteiger partial charge in [-0.25, -0.2) is 0 Å². The van der Waals surface area contributed by atoms with Crippen LogP contribution in [0.5, 0.6) is 0 Å². The summed E-state index contributed by atoms with van der Waals surface area (Å²) in [6.45, 7) is 0.00677. The standard InChI is InChI=1S/C10H12N2O2/c13-12(14)6-5-9-7-8-3-1-2-4-10(8)11-9/h1-2,7,11H,3-6H2. The second-order valence-corrected chi connectivity index (χ2v) is 3.48. The van der Waals surface area contributed by atoms with Gasteiger partial charge in [-0.2, -0.15) is 0 Å². The number of hydrogen-bond donors (Lipinski definition) is 1. The van der Waals surface area contributed by atoms with Crippen molar-refractivity contribution in [1.29, 1.82) is 0 Å². The van der Waals surface area contributed by atoms with E-state index in [1.54, 1.807) is 0 Å². The molecular weight excluding hydrogens is 180 g/mol. The van der Waals surface area contributed by atoms with Gasteiger partial charge >= 0.3 is 0 Å². The molecule has 0 saturated heterocycles. The minimum atomic E-state index is -0.280. The molecule has 4 nitrogen and oxygen atoms in total. The van der Waals surface area contributed by atoms with Crippen molar-refractivity contribution in [3.63, 3.8) is 0 Å². The first-order valence-electron chi connectivity index (χ1n) is 4.72. The summed E-state index contributed by atoms with van der Waals surface area (Å²) in [4.78, 5) is 13.1. The van der Waals surface area contributed by atoms with Crippen molar-refractivity contribution in [2.45, 2.75) is 19.3 Å². The van der Waals surface area contributed by atoms with Gasteiger partial charge in [0.1, 0.15) is 0 Å². The molecule has 1 aromatic rings. The first kappa shape index (κ1) is 8.99. The molecule has 1 aromatic heterocycles. The third-order valence-electron chi connectivity index (χ3n) is 2.44. The highest BCUT2D eigenvalue weighted by Crippen LogP contribution is 2.17. The van der Waals surface area contributed by atoms with Gasteiger partial charge in [0.05, 0.1) is 6.42 Å². The van der Waals surface area contributed by atoms with Crippen LogP contribution in [0.4, 0.5) is 0 Å². The zero-order chi connectivity index (χ0) is 9.97. The summed E-state index contributed by atoms with van der Waals surface area (Å²) in [6, 6.07) is 2.04. The van der Waals surface area contributed by atoms with Crippen LogP contribution in [0.3, 0.4) is 0 Å². The van der Waals surface area contributed by atoms with Gasteiger partial charge in [0.25, 0.3) is 0 Å². The summed E-state index contributed by atoms with van der Waals surface area (Å²) in [6.07, 6.45) is 6.63. The lowest BCUT2D eigenvalue weighted by Gasteiger charge is -2.02. The van der Waals surface area contributed by atoms with E-state index in [2.05, 4.69) is 17.1 Å². The van der Waals surface area contributed by atoms with Crippen molar-refractivity contribution in [3.05, 3.63) is 45.3 Å². The Labute approximate surface area is 81.8 Å². The maximum atomic E-state index is 10.2. The molecule has 0 radical (unpaired) electrons. The summed E-state index contributed by atoms with van der Waals surface area (Å²) >= 11 is 0. The number of nitro groups is 1. The van der Waals surface area contributed by atoms with Gasteiger partial charge in [-0.3, -0.25) is 10.1 Å². The molecule has 0 bridgehead atoms. The van der Waals surface area contributed by atoms with E-state index in [4.69, 9.17) is 0 Å². The Morgan fingerprint density at radius 1 is 1.43 bits per heavy atom. The van der Waals surface area contributed by atoms with E-state index < -0.39 is 0 Å². The van der Waals surface area contributed by atoms with Gasteiger partial charge in [-0.05, 0) is 18.1 Å². The quantitative estimate of drug-likeness (QED) is 0.448. The van der Waals surface area contributed by atoms with Crippen LogP contribution in [0.25, 0.3) is 0 Å². The lowest BCUT2D eigenvalue weighted by Crippen LogP contribution is -2.04. The molecule has 0 fully saturated rings. The van der Waals surface area contributed by atoms with E-state index in [1.807, 2.05) is 6.07 Å². The number of hydrogen-bond acceptors (Lipinski definition) is 2. The third kappa shape index (κ3) is 1.84. The van der Waals surface area contributed by atoms with Crippen molar-refractivity contribution in [2.24, 2.45) is 0 Å². The largest absolute Gasteiger partial charge is 0.362 e. The second-order valence-electron chi connectivity index (χ2n) is 3.48. The molecule has 74 valence electrons. The first-order chi connectivity index (χ1) is 6.75. The number of nitrogens with one attached hydrogen (secondary N) is 1. The molecule has 1 heterocycles. The van der Waals surface area contributed by atoms with Crippen LogP contribution < -0.4 is 0 Å². The molecule has 1 N–H and O–H groups in total. The maximum Gasteiger partial charge on any atom is 0.209 e. The topological polar surface area (TPSA) is 58.9 Å². The molecule has 1 aliphatic carbocycles. The maximum absolute atomic E-state index is 10.2. The Morgan fingerprint density at radius 2 is 2.21 bits per heavy atom. The normalized spacial score (nSPS) is 14.0. The lowest BCUT2D eigenvalue weighted by atomic mass is 10.1. The molecule has 0 amide bonds. The number of nitrogens with zero attached hydrogens (tertiary/aromatic N) is 1. The van der Waals surface area contributed by atoms with Gasteiger partial charge in [0, 0.05) is 22.7 Å². The van der Waals surface area contributed by atoms with E-state index in [-0.39, 0.29) is 11.5 Å². The number of rotatable bonds is 3. The summed E-state index contributed by atoms with van der Waals surface area (Å²) in [5, 5.41) is 10.2. The fourth-order valence-corrected chi connectivity index (χ4v) is 1.73. The van der Waals surface area contributed by atoms with Gasteiger partial charge in [-0.1, -0.05) is 12.2 Å². The summed E-state index contributed by atoms with van der Waals surface area (Å²) < 4.78 is 0. The Bertz CT molecular complexity index is 354. The lowest BCUT2D eigenvalue weighted by molar-refractivity contribution is -0.479. The minimum absolute atomic E-state index is 0.00677. The van der Waals surface area contributed by atoms with E-state index in [9.17, 15) is 10.1 Å². The number of H-pyrrole nitrogens is 1. The van der Waals surface area contributed by atoms with Crippen LogP contribution in [-0.2, 0) is 19.3 Å². The van der Waals surface area contributed by atoms with Crippen LogP contribution in [0.2, 0.25) is 0 Å². The molecule has 0 saturated carbocycles. The Balaban J connectivity index is 2.06. The van der Waals surface area contributed by atoms with Crippen LogP contribution in [0.15, 0.2) is 18.2 Å². The predicted octanol–water partition coefficient (Wildman–Crippen LogP) is 1.49. The Morgan fingerprint density at radius 3 is 2.93 bits per heavy atom. The average molecular weight is 192 g/mol. The highest BCUT2D eigenvalue weighted by molar-refractivity contribution is 5.32. The fourth-order valence-electron chi connectivity index (χ4n) is 1.73. The van der Waals surface area contributed by atoms with E-state index in [0.717, 1.165) is 18.5 Å². The second kappa shape index (κ2) is 3.65. The summed E-state index contributed by atoms with van der Waals surface area (Å²) in [5.74, 6) is 0. The van der Waals surface area contributed by atoms with Gasteiger partial charge in [0.15, 0.2) is 0 Å². The molecule has 0 unspecified atom stereocenters. The van der Waals surface area contributed by atoms with Crippen LogP contribution in [0, 0.1) is 10.1 Å². The highest BCUT2D eigenvalue weighted by Gasteiger charge is 2.10. The smallest absolute Gasteiger partial charge is 0.209 e. The Kier molecular flexibility index (Phi) is 2.35. The van der Waals surface area contributed by atoms with Gasteiger partial charge < -0.3 is 4.98 Å². The van der Waals surface area contributed by atoms with Crippen LogP contribution in [-0.4, -0.2) is 16.5 Å². The highest BCUT2D eigenvalue weighted by atomic mass is 16.6. The zero-order valence-electron chi connectivity index (χ0n) is 7.82. The molecular formula is C10H12N2O2. The van der Waals surface area contributed by atoms with E-state index >= 15 is 0 Å². The predicted molar refractivity (Wildman–Crippen MR) is 52.9 cm³/mol. The number of aromatic amines is 1. The molecule has 2 rings (SSSR count). The number of aromatic nitrogens is 1. The average Bonchev–Trinajstić information content (AvgIpc) is 2.57. The third-order valence-corrected chi connectivity index (χ3v) is 2.44. The van der Waals surface area contributed by atoms with Crippen molar-refractivity contribution < 1.29 is 4.92 Å². The van der Waals surface area contributed by atoms with Gasteiger partial charge in [-0.15, -0.1) is 0 Å². The monoisotopic (exact) mass is 192 g/mol. The summed E-state index contributed by atoms with van der Waals surface area (Å²) in [7, 11) is 0. The van der Waals surface area contributed by atoms with Crippen molar-refractivity contribution in [3.8, 4) is 0 Å². The first-order valence-corrected chi connectivity index (χ1v) is 4.72. The molecule has 0 aromatic carbocycles. The summed E-state index contributed by atoms with van der Waals surface area (Å²) in [5.41, 5.74) is 3.48. The molecule has 0 aliphatic heterocycles. The Hall–Kier alpha value is -1.58. The van der Waals surface area contributed by atoms with Crippen LogP contribution >= 0.6 is 0 Å². The zero-order valence-corrected chi connectivity index (χ0v) is 7.82. The molecule has 1 aliphatic rings. The number of allylic oxidation sites excluding steroid dienone is 2. The number of fused-ring (bicyclic) bond motifs is 1. The van der Waals surface area contributed by atoms with E-state index in [1.165, 1.54) is 11.3 Å². The molecule has 0 spiro atoms. The molecule has 4 heteroatoms. The fraction of sp³-hybridized carbons (Fsp3) is 0.400. The van der Waals surface area contributed by atoms with Crippen molar-refractivity contribution >= 4 is 0 Å². The van der Waals surface area contributed by atoms with Crippen LogP contribution in [0.1, 0.15) is 17.0 Å². The minimum Gasteiger partial charge on any atom is -0.362 e. The molecule has 0 atom stereocenters. The van der Waals surface area contributed by atoms with Crippen molar-refractivity contribution in [1.82, 2.24) is 4.98 Å². The van der Waals surface area contributed by atoms with Gasteiger partial charge in [0.2, 0.25) is 6.54 Å². The molecule has 14 heavy (non-hydrogen) atoms.